The average molecular weight is 381 g/mol. The van der Waals surface area contributed by atoms with Crippen molar-refractivity contribution >= 4 is 32.6 Å². The highest BCUT2D eigenvalue weighted by atomic mass is 32.1. The van der Waals surface area contributed by atoms with Gasteiger partial charge < -0.3 is 0 Å². The molecule has 1 aromatic carbocycles. The Morgan fingerprint density at radius 3 is 2.78 bits per heavy atom. The summed E-state index contributed by atoms with van der Waals surface area (Å²) in [6.07, 6.45) is 1.67. The van der Waals surface area contributed by atoms with E-state index in [4.69, 9.17) is 0 Å². The van der Waals surface area contributed by atoms with Crippen molar-refractivity contribution in [1.82, 2.24) is 19.7 Å². The number of thiazole rings is 1. The minimum absolute atomic E-state index is 0.228. The number of aryl methyl sites for hydroxylation is 2. The van der Waals surface area contributed by atoms with Gasteiger partial charge in [0.25, 0.3) is 5.91 Å². The van der Waals surface area contributed by atoms with Gasteiger partial charge in [-0.2, -0.15) is 5.10 Å². The van der Waals surface area contributed by atoms with Crippen LogP contribution < -0.4 is 4.90 Å². The number of aromatic nitrogens is 4. The Bertz CT molecular complexity index is 1120. The normalized spacial score (nSPS) is 11.1. The predicted octanol–water partition coefficient (Wildman–Crippen LogP) is 3.72. The standard InChI is InChI=1S/C19H16FN5OS/c1-12-10-15(24(2)23-12)18(26)25(11-13-6-3-4-9-21-13)19-22-17-14(20)7-5-8-16(17)27-19/h3-10H,11H2,1-2H3. The fourth-order valence-corrected chi connectivity index (χ4v) is 3.83. The minimum atomic E-state index is -0.406. The third-order valence-electron chi connectivity index (χ3n) is 4.10. The van der Waals surface area contributed by atoms with Crippen LogP contribution in [0.15, 0.2) is 48.7 Å². The van der Waals surface area contributed by atoms with Gasteiger partial charge in [-0.1, -0.05) is 23.5 Å². The summed E-state index contributed by atoms with van der Waals surface area (Å²) in [7, 11) is 1.72. The summed E-state index contributed by atoms with van der Waals surface area (Å²) in [6, 6.07) is 12.0. The van der Waals surface area contributed by atoms with Gasteiger partial charge >= 0.3 is 0 Å². The molecule has 3 heterocycles. The Kier molecular flexibility index (Phi) is 4.41. The third-order valence-corrected chi connectivity index (χ3v) is 5.15. The van der Waals surface area contributed by atoms with Crippen LogP contribution in [0.3, 0.4) is 0 Å². The lowest BCUT2D eigenvalue weighted by atomic mass is 10.3. The molecular weight excluding hydrogens is 365 g/mol. The zero-order chi connectivity index (χ0) is 19.0. The number of carbonyl (C=O) groups is 1. The van der Waals surface area contributed by atoms with Gasteiger partial charge in [-0.25, -0.2) is 9.37 Å². The number of benzene rings is 1. The predicted molar refractivity (Wildman–Crippen MR) is 102 cm³/mol. The number of pyridine rings is 1. The molecule has 0 aliphatic rings. The number of anilines is 1. The first-order valence-corrected chi connectivity index (χ1v) is 9.12. The molecule has 3 aromatic heterocycles. The van der Waals surface area contributed by atoms with E-state index in [0.29, 0.717) is 21.2 Å². The van der Waals surface area contributed by atoms with Gasteiger partial charge in [0, 0.05) is 13.2 Å². The molecule has 0 unspecified atom stereocenters. The second-order valence-corrected chi connectivity index (χ2v) is 7.10. The van der Waals surface area contributed by atoms with Gasteiger partial charge in [-0.3, -0.25) is 19.4 Å². The first kappa shape index (κ1) is 17.3. The number of hydrogen-bond donors (Lipinski definition) is 0. The molecular formula is C19H16FN5OS. The van der Waals surface area contributed by atoms with Crippen LogP contribution in [0.25, 0.3) is 10.2 Å². The summed E-state index contributed by atoms with van der Waals surface area (Å²) in [5.41, 5.74) is 2.15. The molecule has 27 heavy (non-hydrogen) atoms. The Morgan fingerprint density at radius 2 is 2.11 bits per heavy atom. The van der Waals surface area contributed by atoms with Crippen molar-refractivity contribution in [2.75, 3.05) is 4.90 Å². The van der Waals surface area contributed by atoms with E-state index in [0.717, 1.165) is 5.69 Å². The molecule has 0 atom stereocenters. The van der Waals surface area contributed by atoms with Crippen LogP contribution in [0.2, 0.25) is 0 Å². The number of halogens is 1. The maximum atomic E-state index is 14.1. The van der Waals surface area contributed by atoms with Crippen LogP contribution in [0.5, 0.6) is 0 Å². The van der Waals surface area contributed by atoms with E-state index < -0.39 is 5.82 Å². The topological polar surface area (TPSA) is 63.9 Å². The van der Waals surface area contributed by atoms with Gasteiger partial charge in [0.15, 0.2) is 5.13 Å². The molecule has 0 aliphatic carbocycles. The van der Waals surface area contributed by atoms with Crippen LogP contribution in [-0.2, 0) is 13.6 Å². The number of nitrogens with zero attached hydrogens (tertiary/aromatic N) is 5. The summed E-state index contributed by atoms with van der Waals surface area (Å²) in [4.78, 5) is 23.5. The summed E-state index contributed by atoms with van der Waals surface area (Å²) in [6.45, 7) is 2.05. The Labute approximate surface area is 158 Å². The Hall–Kier alpha value is -3.13. The van der Waals surface area contributed by atoms with Crippen molar-refractivity contribution in [3.8, 4) is 0 Å². The molecule has 0 aliphatic heterocycles. The van der Waals surface area contributed by atoms with Crippen molar-refractivity contribution in [1.29, 1.82) is 0 Å². The van der Waals surface area contributed by atoms with Crippen LogP contribution in [0.4, 0.5) is 9.52 Å². The lowest BCUT2D eigenvalue weighted by Crippen LogP contribution is -2.32. The summed E-state index contributed by atoms with van der Waals surface area (Å²) < 4.78 is 16.3. The maximum Gasteiger partial charge on any atom is 0.278 e. The van der Waals surface area contributed by atoms with Gasteiger partial charge in [-0.05, 0) is 37.3 Å². The SMILES string of the molecule is Cc1cc(C(=O)N(Cc2ccccn2)c2nc3c(F)cccc3s2)n(C)n1. The molecule has 136 valence electrons. The molecule has 0 radical (unpaired) electrons. The summed E-state index contributed by atoms with van der Waals surface area (Å²) in [5, 5.41) is 4.67. The van der Waals surface area contributed by atoms with Crippen molar-refractivity contribution in [3.63, 3.8) is 0 Å². The van der Waals surface area contributed by atoms with Crippen LogP contribution in [0, 0.1) is 12.7 Å². The molecule has 0 saturated heterocycles. The van der Waals surface area contributed by atoms with E-state index in [1.807, 2.05) is 25.1 Å². The van der Waals surface area contributed by atoms with Gasteiger partial charge in [0.1, 0.15) is 17.0 Å². The molecule has 4 aromatic rings. The number of hydrogen-bond acceptors (Lipinski definition) is 5. The number of fused-ring (bicyclic) bond motifs is 1. The van der Waals surface area contributed by atoms with Crippen molar-refractivity contribution in [2.45, 2.75) is 13.5 Å². The van der Waals surface area contributed by atoms with E-state index in [9.17, 15) is 9.18 Å². The lowest BCUT2D eigenvalue weighted by molar-refractivity contribution is 0.0975. The lowest BCUT2D eigenvalue weighted by Gasteiger charge is -2.19. The molecule has 1 amide bonds. The van der Waals surface area contributed by atoms with E-state index in [1.54, 1.807) is 31.4 Å². The molecule has 0 spiro atoms. The van der Waals surface area contributed by atoms with Crippen molar-refractivity contribution < 1.29 is 9.18 Å². The Morgan fingerprint density at radius 1 is 1.26 bits per heavy atom. The van der Waals surface area contributed by atoms with E-state index in [1.165, 1.54) is 27.0 Å². The highest BCUT2D eigenvalue weighted by Crippen LogP contribution is 2.31. The molecule has 8 heteroatoms. The number of amides is 1. The van der Waals surface area contributed by atoms with Crippen LogP contribution in [-0.4, -0.2) is 25.7 Å². The minimum Gasteiger partial charge on any atom is -0.277 e. The molecule has 4 rings (SSSR count). The molecule has 0 fully saturated rings. The highest BCUT2D eigenvalue weighted by Gasteiger charge is 2.25. The van der Waals surface area contributed by atoms with E-state index in [-0.39, 0.29) is 18.0 Å². The highest BCUT2D eigenvalue weighted by molar-refractivity contribution is 7.22. The van der Waals surface area contributed by atoms with Gasteiger partial charge in [0.05, 0.1) is 22.6 Å². The zero-order valence-electron chi connectivity index (χ0n) is 14.8. The zero-order valence-corrected chi connectivity index (χ0v) is 15.6. The molecule has 6 nitrogen and oxygen atoms in total. The molecule has 0 bridgehead atoms. The van der Waals surface area contributed by atoms with E-state index >= 15 is 0 Å². The monoisotopic (exact) mass is 381 g/mol. The third kappa shape index (κ3) is 3.31. The smallest absolute Gasteiger partial charge is 0.277 e. The number of rotatable bonds is 4. The average Bonchev–Trinajstić information content (AvgIpc) is 3.23. The maximum absolute atomic E-state index is 14.1. The second-order valence-electron chi connectivity index (χ2n) is 6.09. The molecule has 0 N–H and O–H groups in total. The molecule has 0 saturated carbocycles. The van der Waals surface area contributed by atoms with Gasteiger partial charge in [-0.15, -0.1) is 0 Å². The van der Waals surface area contributed by atoms with Crippen molar-refractivity contribution in [3.05, 3.63) is 71.6 Å². The number of carbonyl (C=O) groups excluding carboxylic acids is 1. The van der Waals surface area contributed by atoms with Gasteiger partial charge in [0.2, 0.25) is 0 Å². The Balaban J connectivity index is 1.80. The van der Waals surface area contributed by atoms with Crippen LogP contribution >= 0.6 is 11.3 Å². The summed E-state index contributed by atoms with van der Waals surface area (Å²) >= 11 is 1.27. The second kappa shape index (κ2) is 6.88. The fraction of sp³-hybridized carbons (Fsp3) is 0.158. The quantitative estimate of drug-likeness (QED) is 0.540. The first-order valence-electron chi connectivity index (χ1n) is 8.30. The van der Waals surface area contributed by atoms with Crippen molar-refractivity contribution in [2.24, 2.45) is 7.05 Å². The van der Waals surface area contributed by atoms with E-state index in [2.05, 4.69) is 15.1 Å². The fourth-order valence-electron chi connectivity index (χ4n) is 2.85. The largest absolute Gasteiger partial charge is 0.278 e. The first-order chi connectivity index (χ1) is 13.0. The summed E-state index contributed by atoms with van der Waals surface area (Å²) in [5.74, 6) is -0.667. The van der Waals surface area contributed by atoms with Crippen LogP contribution in [0.1, 0.15) is 21.9 Å². The number of para-hydroxylation sites is 1.